The molecule has 8 nitrogen and oxygen atoms in total. The SMILES string of the molecule is CS(=O)(=O)c1ccc(/C(=N/OC2CCCC2)C(=O)Nc2cnccn2)cc1Cl. The summed E-state index contributed by atoms with van der Waals surface area (Å²) in [5.74, 6) is -0.318. The summed E-state index contributed by atoms with van der Waals surface area (Å²) in [6, 6.07) is 4.19. The zero-order valence-electron chi connectivity index (χ0n) is 15.1. The summed E-state index contributed by atoms with van der Waals surface area (Å²) in [4.78, 5) is 26.2. The fraction of sp³-hybridized carbons (Fsp3) is 0.333. The summed E-state index contributed by atoms with van der Waals surface area (Å²) in [5, 5.41) is 6.65. The van der Waals surface area contributed by atoms with Gasteiger partial charge in [-0.1, -0.05) is 22.8 Å². The van der Waals surface area contributed by atoms with Crippen LogP contribution < -0.4 is 5.32 Å². The third-order valence-corrected chi connectivity index (χ3v) is 5.80. The Labute approximate surface area is 167 Å². The number of aromatic nitrogens is 2. The average molecular weight is 423 g/mol. The normalized spacial score (nSPS) is 15.4. The molecule has 0 unspecified atom stereocenters. The van der Waals surface area contributed by atoms with Crippen molar-refractivity contribution in [1.82, 2.24) is 9.97 Å². The van der Waals surface area contributed by atoms with E-state index < -0.39 is 15.7 Å². The lowest BCUT2D eigenvalue weighted by molar-refractivity contribution is -0.110. The van der Waals surface area contributed by atoms with Crippen LogP contribution in [0, 0.1) is 0 Å². The summed E-state index contributed by atoms with van der Waals surface area (Å²) in [5.41, 5.74) is 0.302. The van der Waals surface area contributed by atoms with Crippen LogP contribution in [0.25, 0.3) is 0 Å². The summed E-state index contributed by atoms with van der Waals surface area (Å²) in [6.45, 7) is 0. The second-order valence-electron chi connectivity index (χ2n) is 6.41. The van der Waals surface area contributed by atoms with Crippen LogP contribution in [0.1, 0.15) is 31.2 Å². The predicted octanol–water partition coefficient (Wildman–Crippen LogP) is 2.84. The standard InChI is InChI=1S/C18H19ClN4O4S/c1-28(25,26)15-7-6-12(10-14(15)19)17(23-27-13-4-2-3-5-13)18(24)22-16-11-20-8-9-21-16/h6-11,13H,2-5H2,1H3,(H,21,22,24)/b23-17-. The number of nitrogens with one attached hydrogen (secondary N) is 1. The van der Waals surface area contributed by atoms with E-state index in [1.54, 1.807) is 0 Å². The molecule has 1 aromatic carbocycles. The molecule has 0 bridgehead atoms. The van der Waals surface area contributed by atoms with Crippen LogP contribution in [0.4, 0.5) is 5.82 Å². The second kappa shape index (κ2) is 8.66. The fourth-order valence-electron chi connectivity index (χ4n) is 2.83. The molecule has 1 N–H and O–H groups in total. The van der Waals surface area contributed by atoms with Crippen molar-refractivity contribution in [3.8, 4) is 0 Å². The summed E-state index contributed by atoms with van der Waals surface area (Å²) >= 11 is 6.12. The Morgan fingerprint density at radius 3 is 2.64 bits per heavy atom. The van der Waals surface area contributed by atoms with Crippen LogP contribution in [0.15, 0.2) is 46.8 Å². The minimum absolute atomic E-state index is 0.000805. The lowest BCUT2D eigenvalue weighted by Crippen LogP contribution is -2.25. The Kier molecular flexibility index (Phi) is 6.25. The third-order valence-electron chi connectivity index (χ3n) is 4.22. The minimum atomic E-state index is -3.49. The van der Waals surface area contributed by atoms with Gasteiger partial charge in [-0.15, -0.1) is 0 Å². The van der Waals surface area contributed by atoms with Crippen molar-refractivity contribution < 1.29 is 18.0 Å². The van der Waals surface area contributed by atoms with Crippen molar-refractivity contribution in [2.75, 3.05) is 11.6 Å². The smallest absolute Gasteiger partial charge is 0.279 e. The van der Waals surface area contributed by atoms with Gasteiger partial charge in [0.1, 0.15) is 6.10 Å². The molecule has 1 fully saturated rings. The summed E-state index contributed by atoms with van der Waals surface area (Å²) in [6.07, 6.45) is 9.18. The highest BCUT2D eigenvalue weighted by Gasteiger charge is 2.22. The Morgan fingerprint density at radius 1 is 1.29 bits per heavy atom. The molecule has 0 aliphatic heterocycles. The van der Waals surface area contributed by atoms with Gasteiger partial charge < -0.3 is 10.2 Å². The van der Waals surface area contributed by atoms with E-state index in [0.29, 0.717) is 5.56 Å². The zero-order chi connectivity index (χ0) is 20.1. The molecule has 1 aromatic heterocycles. The van der Waals surface area contributed by atoms with E-state index in [2.05, 4.69) is 20.4 Å². The van der Waals surface area contributed by atoms with E-state index in [4.69, 9.17) is 16.4 Å². The molecule has 1 aliphatic carbocycles. The molecule has 148 valence electrons. The van der Waals surface area contributed by atoms with Crippen molar-refractivity contribution in [3.05, 3.63) is 47.4 Å². The number of rotatable bonds is 6. The first-order valence-electron chi connectivity index (χ1n) is 8.66. The van der Waals surface area contributed by atoms with Crippen molar-refractivity contribution in [2.45, 2.75) is 36.7 Å². The predicted molar refractivity (Wildman–Crippen MR) is 105 cm³/mol. The molecule has 0 saturated heterocycles. The van der Waals surface area contributed by atoms with Crippen LogP contribution in [-0.2, 0) is 19.5 Å². The maximum atomic E-state index is 12.8. The molecule has 1 heterocycles. The van der Waals surface area contributed by atoms with Crippen LogP contribution in [-0.4, -0.2) is 42.4 Å². The molecular formula is C18H19ClN4O4S. The molecule has 0 spiro atoms. The topological polar surface area (TPSA) is 111 Å². The lowest BCUT2D eigenvalue weighted by atomic mass is 10.1. The number of anilines is 1. The molecule has 10 heteroatoms. The fourth-order valence-corrected chi connectivity index (χ4v) is 4.16. The van der Waals surface area contributed by atoms with Gasteiger partial charge in [-0.3, -0.25) is 9.78 Å². The van der Waals surface area contributed by atoms with Crippen molar-refractivity contribution in [3.63, 3.8) is 0 Å². The zero-order valence-corrected chi connectivity index (χ0v) is 16.7. The molecule has 1 amide bonds. The minimum Gasteiger partial charge on any atom is -0.392 e. The Hall–Kier alpha value is -2.52. The Bertz CT molecular complexity index is 990. The lowest BCUT2D eigenvalue weighted by Gasteiger charge is -2.12. The van der Waals surface area contributed by atoms with Crippen LogP contribution in [0.3, 0.4) is 0 Å². The van der Waals surface area contributed by atoms with E-state index in [0.717, 1.165) is 31.9 Å². The molecular weight excluding hydrogens is 404 g/mol. The van der Waals surface area contributed by atoms with Gasteiger partial charge in [0.05, 0.1) is 16.1 Å². The van der Waals surface area contributed by atoms with Gasteiger partial charge in [0.2, 0.25) is 0 Å². The van der Waals surface area contributed by atoms with Gasteiger partial charge in [0, 0.05) is 24.2 Å². The molecule has 1 aliphatic rings. The molecule has 3 rings (SSSR count). The number of benzene rings is 1. The largest absolute Gasteiger partial charge is 0.392 e. The number of oxime groups is 1. The number of carbonyl (C=O) groups is 1. The average Bonchev–Trinajstić information content (AvgIpc) is 3.15. The van der Waals surface area contributed by atoms with Crippen LogP contribution in [0.2, 0.25) is 5.02 Å². The van der Waals surface area contributed by atoms with Gasteiger partial charge in [-0.25, -0.2) is 13.4 Å². The van der Waals surface area contributed by atoms with Gasteiger partial charge >= 0.3 is 0 Å². The maximum Gasteiger partial charge on any atom is 0.279 e. The summed E-state index contributed by atoms with van der Waals surface area (Å²) in [7, 11) is -3.49. The highest BCUT2D eigenvalue weighted by molar-refractivity contribution is 7.90. The third kappa shape index (κ3) is 5.05. The number of nitrogens with zero attached hydrogens (tertiary/aromatic N) is 3. The first-order chi connectivity index (χ1) is 13.3. The monoisotopic (exact) mass is 422 g/mol. The Morgan fingerprint density at radius 2 is 2.04 bits per heavy atom. The van der Waals surface area contributed by atoms with Gasteiger partial charge in [-0.05, 0) is 37.8 Å². The number of halogens is 1. The van der Waals surface area contributed by atoms with Crippen LogP contribution >= 0.6 is 11.6 Å². The first kappa shape index (κ1) is 20.2. The number of amides is 1. The van der Waals surface area contributed by atoms with Gasteiger partial charge in [0.25, 0.3) is 5.91 Å². The number of hydrogen-bond donors (Lipinski definition) is 1. The van der Waals surface area contributed by atoms with E-state index in [1.807, 2.05) is 0 Å². The molecule has 2 aromatic rings. The quantitative estimate of drug-likeness (QED) is 0.566. The van der Waals surface area contributed by atoms with Gasteiger partial charge in [0.15, 0.2) is 21.4 Å². The number of sulfone groups is 1. The van der Waals surface area contributed by atoms with Crippen molar-refractivity contribution in [1.29, 1.82) is 0 Å². The Balaban J connectivity index is 1.92. The highest BCUT2D eigenvalue weighted by Crippen LogP contribution is 2.24. The van der Waals surface area contributed by atoms with Crippen molar-refractivity contribution in [2.24, 2.45) is 5.16 Å². The van der Waals surface area contributed by atoms with E-state index >= 15 is 0 Å². The van der Waals surface area contributed by atoms with Gasteiger partial charge in [-0.2, -0.15) is 0 Å². The number of hydrogen-bond acceptors (Lipinski definition) is 7. The molecule has 1 saturated carbocycles. The molecule has 0 atom stereocenters. The molecule has 0 radical (unpaired) electrons. The van der Waals surface area contributed by atoms with E-state index in [9.17, 15) is 13.2 Å². The second-order valence-corrected chi connectivity index (χ2v) is 8.81. The first-order valence-corrected chi connectivity index (χ1v) is 10.9. The van der Waals surface area contributed by atoms with E-state index in [1.165, 1.54) is 36.8 Å². The van der Waals surface area contributed by atoms with Crippen LogP contribution in [0.5, 0.6) is 0 Å². The molecule has 28 heavy (non-hydrogen) atoms. The maximum absolute atomic E-state index is 12.8. The van der Waals surface area contributed by atoms with Crippen molar-refractivity contribution >= 4 is 38.9 Å². The summed E-state index contributed by atoms with van der Waals surface area (Å²) < 4.78 is 23.6. The highest BCUT2D eigenvalue weighted by atomic mass is 35.5. The van der Waals surface area contributed by atoms with E-state index in [-0.39, 0.29) is 27.6 Å². The number of carbonyl (C=O) groups excluding carboxylic acids is 1.